The van der Waals surface area contributed by atoms with E-state index in [1.165, 1.54) is 0 Å². The van der Waals surface area contributed by atoms with Crippen molar-refractivity contribution in [2.75, 3.05) is 27.3 Å². The minimum Gasteiger partial charge on any atom is -0.726 e. The molecule has 0 spiro atoms. The van der Waals surface area contributed by atoms with Crippen LogP contribution in [0, 0.1) is 0 Å². The molecule has 0 saturated heterocycles. The molecular weight excluding hydrogens is 246 g/mol. The van der Waals surface area contributed by atoms with Gasteiger partial charge in [0, 0.05) is 6.08 Å². The van der Waals surface area contributed by atoms with Gasteiger partial charge in [-0.15, -0.1) is 0 Å². The van der Waals surface area contributed by atoms with Crippen LogP contribution in [0.4, 0.5) is 0 Å². The van der Waals surface area contributed by atoms with Crippen LogP contribution in [-0.4, -0.2) is 51.1 Å². The van der Waals surface area contributed by atoms with Gasteiger partial charge >= 0.3 is 0 Å². The third-order valence-electron chi connectivity index (χ3n) is 1.95. The summed E-state index contributed by atoms with van der Waals surface area (Å²) in [6, 6.07) is 0. The first-order chi connectivity index (χ1) is 7.92. The number of nitrogens with zero attached hydrogens (tertiary/aromatic N) is 1. The van der Waals surface area contributed by atoms with Crippen LogP contribution in [0.1, 0.15) is 6.42 Å². The van der Waals surface area contributed by atoms with Crippen molar-refractivity contribution in [3.8, 4) is 0 Å². The Bertz CT molecular complexity index is 397. The predicted octanol–water partition coefficient (Wildman–Crippen LogP) is 0.283. The van der Waals surface area contributed by atoms with Crippen LogP contribution in [-0.2, 0) is 19.3 Å². The molecule has 1 rings (SSSR count). The number of hydrogen-bond donors (Lipinski definition) is 0. The highest BCUT2D eigenvalue weighted by Gasteiger charge is 2.09. The maximum absolute atomic E-state index is 9.22. The molecule has 0 unspecified atom stereocenters. The van der Waals surface area contributed by atoms with Gasteiger partial charge in [-0.3, -0.25) is 4.18 Å². The molecule has 0 radical (unpaired) electrons. The zero-order valence-electron chi connectivity index (χ0n) is 9.96. The van der Waals surface area contributed by atoms with Crippen molar-refractivity contribution in [2.45, 2.75) is 6.42 Å². The second-order valence-corrected chi connectivity index (χ2v) is 4.24. The van der Waals surface area contributed by atoms with E-state index in [1.807, 2.05) is 18.4 Å². The molecule has 6 nitrogen and oxygen atoms in total. The van der Waals surface area contributed by atoms with Crippen molar-refractivity contribution >= 4 is 16.6 Å². The molecule has 1 heterocycles. The average Bonchev–Trinajstić information content (AvgIpc) is 2.30. The fraction of sp³-hybridized carbons (Fsp3) is 0.500. The topological polar surface area (TPSA) is 78.7 Å². The number of allylic oxidation sites excluding steroid dienone is 1. The van der Waals surface area contributed by atoms with E-state index in [9.17, 15) is 13.0 Å². The van der Waals surface area contributed by atoms with Crippen LogP contribution < -0.4 is 0 Å². The summed E-state index contributed by atoms with van der Waals surface area (Å²) in [5, 5.41) is 0. The highest BCUT2D eigenvalue weighted by Crippen LogP contribution is 2.04. The van der Waals surface area contributed by atoms with Crippen LogP contribution in [0.5, 0.6) is 0 Å². The van der Waals surface area contributed by atoms with E-state index >= 15 is 0 Å². The lowest BCUT2D eigenvalue weighted by Crippen LogP contribution is -2.18. The van der Waals surface area contributed by atoms with Crippen molar-refractivity contribution in [3.63, 3.8) is 0 Å². The van der Waals surface area contributed by atoms with E-state index in [0.717, 1.165) is 32.4 Å². The second-order valence-electron chi connectivity index (χ2n) is 3.09. The standard InChI is InChI=1S/C9H14NO.CH4O4S/c1-3-6-10-7-4-9(11-2)5-8-10;1-5-6(2,3)4/h3-4,7H,1,5-6,8H2,2H3;1H3,(H,2,3,4)/q+1;/p-1. The summed E-state index contributed by atoms with van der Waals surface area (Å²) in [4.78, 5) is 0. The SMILES string of the molecule is C=CC[N+]1=CC=C(OC)CC1.COS(=O)(=O)[O-]. The van der Waals surface area contributed by atoms with E-state index in [0.29, 0.717) is 0 Å². The van der Waals surface area contributed by atoms with Gasteiger partial charge in [-0.2, -0.15) is 0 Å². The minimum absolute atomic E-state index is 0.808. The molecule has 0 bridgehead atoms. The lowest BCUT2D eigenvalue weighted by molar-refractivity contribution is -0.513. The molecule has 0 fully saturated rings. The zero-order chi connectivity index (χ0) is 13.3. The molecule has 0 aromatic carbocycles. The maximum atomic E-state index is 9.22. The number of ether oxygens (including phenoxy) is 1. The van der Waals surface area contributed by atoms with Gasteiger partial charge in [0.05, 0.1) is 20.6 Å². The van der Waals surface area contributed by atoms with Gasteiger partial charge in [-0.25, -0.2) is 13.0 Å². The Balaban J connectivity index is 0.000000366. The fourth-order valence-electron chi connectivity index (χ4n) is 1.09. The van der Waals surface area contributed by atoms with Crippen LogP contribution in [0.15, 0.2) is 24.5 Å². The molecular formula is C10H17NO5S. The molecule has 0 aromatic rings. The van der Waals surface area contributed by atoms with Crippen molar-refractivity contribution < 1.29 is 26.5 Å². The monoisotopic (exact) mass is 263 g/mol. The quantitative estimate of drug-likeness (QED) is 0.315. The number of hydrogen-bond acceptors (Lipinski definition) is 5. The average molecular weight is 263 g/mol. The Morgan fingerprint density at radius 1 is 1.59 bits per heavy atom. The van der Waals surface area contributed by atoms with E-state index in [2.05, 4.69) is 15.3 Å². The van der Waals surface area contributed by atoms with E-state index in [4.69, 9.17) is 4.74 Å². The molecule has 0 aromatic heterocycles. The normalized spacial score (nSPS) is 15.0. The lowest BCUT2D eigenvalue weighted by Gasteiger charge is -2.08. The lowest BCUT2D eigenvalue weighted by atomic mass is 10.2. The molecule has 1 aliphatic rings. The van der Waals surface area contributed by atoms with E-state index < -0.39 is 10.4 Å². The summed E-state index contributed by atoms with van der Waals surface area (Å²) >= 11 is 0. The third-order valence-corrected chi connectivity index (χ3v) is 2.35. The van der Waals surface area contributed by atoms with Gasteiger partial charge in [0.25, 0.3) is 0 Å². The predicted molar refractivity (Wildman–Crippen MR) is 62.7 cm³/mol. The second kappa shape index (κ2) is 7.99. The summed E-state index contributed by atoms with van der Waals surface area (Å²) in [6.07, 6.45) is 6.96. The summed E-state index contributed by atoms with van der Waals surface area (Å²) in [7, 11) is -1.89. The van der Waals surface area contributed by atoms with E-state index in [-0.39, 0.29) is 0 Å². The molecule has 7 heteroatoms. The Hall–Kier alpha value is -1.18. The van der Waals surface area contributed by atoms with Gasteiger partial charge in [-0.1, -0.05) is 6.58 Å². The van der Waals surface area contributed by atoms with Crippen molar-refractivity contribution in [1.82, 2.24) is 0 Å². The summed E-state index contributed by atoms with van der Waals surface area (Å²) in [5.41, 5.74) is 0. The summed E-state index contributed by atoms with van der Waals surface area (Å²) in [6.45, 7) is 5.64. The molecule has 1 aliphatic heterocycles. The Morgan fingerprint density at radius 2 is 2.18 bits per heavy atom. The fourth-order valence-corrected chi connectivity index (χ4v) is 1.09. The molecule has 0 N–H and O–H groups in total. The van der Waals surface area contributed by atoms with Crippen LogP contribution in [0.3, 0.4) is 0 Å². The first-order valence-electron chi connectivity index (χ1n) is 4.87. The third kappa shape index (κ3) is 8.61. The van der Waals surface area contributed by atoms with Crippen LogP contribution >= 0.6 is 0 Å². The van der Waals surface area contributed by atoms with Gasteiger partial charge in [0.2, 0.25) is 10.4 Å². The van der Waals surface area contributed by atoms with Crippen LogP contribution in [0.25, 0.3) is 0 Å². The summed E-state index contributed by atoms with van der Waals surface area (Å²) < 4.78 is 38.3. The molecule has 17 heavy (non-hydrogen) atoms. The van der Waals surface area contributed by atoms with Gasteiger partial charge in [0.15, 0.2) is 12.8 Å². The molecule has 0 saturated carbocycles. The highest BCUT2D eigenvalue weighted by molar-refractivity contribution is 7.80. The molecule has 0 amide bonds. The van der Waals surface area contributed by atoms with Gasteiger partial charge in [-0.05, 0) is 6.08 Å². The van der Waals surface area contributed by atoms with Crippen molar-refractivity contribution in [1.29, 1.82) is 0 Å². The van der Waals surface area contributed by atoms with Crippen molar-refractivity contribution in [3.05, 3.63) is 24.5 Å². The Kier molecular flexibility index (Phi) is 7.44. The molecule has 0 atom stereocenters. The molecule has 98 valence electrons. The first-order valence-corrected chi connectivity index (χ1v) is 6.20. The Labute approximate surface area is 102 Å². The maximum Gasteiger partial charge on any atom is 0.217 e. The van der Waals surface area contributed by atoms with E-state index in [1.54, 1.807) is 7.11 Å². The van der Waals surface area contributed by atoms with Crippen LogP contribution in [0.2, 0.25) is 0 Å². The van der Waals surface area contributed by atoms with Crippen molar-refractivity contribution in [2.24, 2.45) is 0 Å². The minimum atomic E-state index is -4.41. The number of rotatable bonds is 4. The van der Waals surface area contributed by atoms with Gasteiger partial charge < -0.3 is 9.29 Å². The highest BCUT2D eigenvalue weighted by atomic mass is 32.3. The zero-order valence-corrected chi connectivity index (χ0v) is 10.8. The summed E-state index contributed by atoms with van der Waals surface area (Å²) in [5.74, 6) is 1.06. The molecule has 0 aliphatic carbocycles. The Morgan fingerprint density at radius 3 is 2.47 bits per heavy atom. The smallest absolute Gasteiger partial charge is 0.217 e. The largest absolute Gasteiger partial charge is 0.726 e. The number of methoxy groups -OCH3 is 1. The van der Waals surface area contributed by atoms with Gasteiger partial charge in [0.1, 0.15) is 12.3 Å². The first kappa shape index (κ1) is 15.8.